The Labute approximate surface area is 162 Å². The van der Waals surface area contributed by atoms with E-state index in [-0.39, 0.29) is 0 Å². The molecule has 1 aliphatic heterocycles. The molecule has 2 atom stereocenters. The third-order valence-electron chi connectivity index (χ3n) is 5.98. The van der Waals surface area contributed by atoms with Crippen LogP contribution in [0.25, 0.3) is 10.8 Å². The number of hydrogen-bond acceptors (Lipinski definition) is 2. The highest BCUT2D eigenvalue weighted by atomic mass is 16.5. The van der Waals surface area contributed by atoms with Crippen LogP contribution < -0.4 is 9.64 Å². The van der Waals surface area contributed by atoms with E-state index in [1.807, 2.05) is 6.07 Å². The van der Waals surface area contributed by atoms with Gasteiger partial charge < -0.3 is 9.64 Å². The summed E-state index contributed by atoms with van der Waals surface area (Å²) in [5.74, 6) is 2.25. The summed E-state index contributed by atoms with van der Waals surface area (Å²) in [7, 11) is 1.74. The average Bonchev–Trinajstić information content (AvgIpc) is 2.73. The fourth-order valence-electron chi connectivity index (χ4n) is 4.61. The molecule has 4 rings (SSSR count). The summed E-state index contributed by atoms with van der Waals surface area (Å²) < 4.78 is 5.41. The van der Waals surface area contributed by atoms with Crippen LogP contribution in [-0.4, -0.2) is 20.2 Å². The third kappa shape index (κ3) is 3.95. The number of piperidine rings is 1. The molecule has 0 amide bonds. The minimum absolute atomic E-state index is 0.575. The molecule has 1 saturated heterocycles. The summed E-state index contributed by atoms with van der Waals surface area (Å²) in [6.07, 6.45) is 3.84. The number of methoxy groups -OCH3 is 1. The van der Waals surface area contributed by atoms with Gasteiger partial charge in [0, 0.05) is 24.8 Å². The van der Waals surface area contributed by atoms with Gasteiger partial charge in [-0.3, -0.25) is 0 Å². The Balaban J connectivity index is 1.48. The van der Waals surface area contributed by atoms with Crippen LogP contribution in [0.5, 0.6) is 5.75 Å². The standard InChI is InChI=1S/C25H29NO/c1-19(24-14-5-10-21-9-3-4-13-25(21)24)16-20-8-7-15-26(18-20)22-11-6-12-23(17-22)27-2/h3-6,9-14,17,19-20H,7-8,15-16,18H2,1-2H3/t19-,20-/m0/s1. The fourth-order valence-corrected chi connectivity index (χ4v) is 4.61. The Morgan fingerprint density at radius 1 is 1.04 bits per heavy atom. The van der Waals surface area contributed by atoms with E-state index in [0.717, 1.165) is 24.8 Å². The molecule has 2 nitrogen and oxygen atoms in total. The van der Waals surface area contributed by atoms with E-state index in [2.05, 4.69) is 72.5 Å². The zero-order valence-corrected chi connectivity index (χ0v) is 16.4. The van der Waals surface area contributed by atoms with Gasteiger partial charge in [-0.1, -0.05) is 55.5 Å². The first-order valence-corrected chi connectivity index (χ1v) is 10.1. The van der Waals surface area contributed by atoms with Crippen molar-refractivity contribution in [1.29, 1.82) is 0 Å². The van der Waals surface area contributed by atoms with Gasteiger partial charge in [-0.15, -0.1) is 0 Å². The first kappa shape index (κ1) is 17.9. The quantitative estimate of drug-likeness (QED) is 0.533. The average molecular weight is 360 g/mol. The second-order valence-electron chi connectivity index (χ2n) is 7.86. The lowest BCUT2D eigenvalue weighted by molar-refractivity contribution is 0.370. The molecule has 0 spiro atoms. The first-order valence-electron chi connectivity index (χ1n) is 10.1. The highest BCUT2D eigenvalue weighted by Gasteiger charge is 2.23. The minimum atomic E-state index is 0.575. The zero-order chi connectivity index (χ0) is 18.6. The van der Waals surface area contributed by atoms with Gasteiger partial charge in [-0.2, -0.15) is 0 Å². The van der Waals surface area contributed by atoms with Crippen molar-refractivity contribution < 1.29 is 4.74 Å². The summed E-state index contributed by atoms with van der Waals surface area (Å²) in [4.78, 5) is 2.53. The number of fused-ring (bicyclic) bond motifs is 1. The lowest BCUT2D eigenvalue weighted by Gasteiger charge is -2.36. The van der Waals surface area contributed by atoms with E-state index in [1.54, 1.807) is 7.11 Å². The maximum absolute atomic E-state index is 5.41. The number of anilines is 1. The van der Waals surface area contributed by atoms with Gasteiger partial charge >= 0.3 is 0 Å². The second-order valence-corrected chi connectivity index (χ2v) is 7.86. The summed E-state index contributed by atoms with van der Waals surface area (Å²) in [5, 5.41) is 2.76. The van der Waals surface area contributed by atoms with Gasteiger partial charge in [0.1, 0.15) is 5.75 Å². The van der Waals surface area contributed by atoms with Crippen molar-refractivity contribution in [2.24, 2.45) is 5.92 Å². The van der Waals surface area contributed by atoms with Gasteiger partial charge in [0.2, 0.25) is 0 Å². The molecule has 2 heteroatoms. The number of nitrogens with zero attached hydrogens (tertiary/aromatic N) is 1. The van der Waals surface area contributed by atoms with Gasteiger partial charge in [0.25, 0.3) is 0 Å². The van der Waals surface area contributed by atoms with E-state index in [4.69, 9.17) is 4.74 Å². The van der Waals surface area contributed by atoms with Crippen LogP contribution in [-0.2, 0) is 0 Å². The number of rotatable bonds is 5. The van der Waals surface area contributed by atoms with Crippen LogP contribution in [0.1, 0.15) is 37.7 Å². The Morgan fingerprint density at radius 2 is 1.85 bits per heavy atom. The topological polar surface area (TPSA) is 12.5 Å². The monoisotopic (exact) mass is 359 g/mol. The van der Waals surface area contributed by atoms with E-state index < -0.39 is 0 Å². The second kappa shape index (κ2) is 8.04. The van der Waals surface area contributed by atoms with Crippen LogP contribution in [0.15, 0.2) is 66.7 Å². The molecule has 0 aliphatic carbocycles. The Kier molecular flexibility index (Phi) is 5.33. The molecular formula is C25H29NO. The van der Waals surface area contributed by atoms with Crippen LogP contribution >= 0.6 is 0 Å². The van der Waals surface area contributed by atoms with Crippen LogP contribution in [0.4, 0.5) is 5.69 Å². The summed E-state index contributed by atoms with van der Waals surface area (Å²) in [5.41, 5.74) is 2.78. The molecule has 0 aromatic heterocycles. The molecule has 0 bridgehead atoms. The molecule has 0 saturated carbocycles. The maximum Gasteiger partial charge on any atom is 0.120 e. The van der Waals surface area contributed by atoms with Crippen molar-refractivity contribution >= 4 is 16.5 Å². The van der Waals surface area contributed by atoms with E-state index in [0.29, 0.717) is 5.92 Å². The molecule has 1 heterocycles. The molecule has 0 radical (unpaired) electrons. The normalized spacial score (nSPS) is 18.4. The van der Waals surface area contributed by atoms with Crippen molar-refractivity contribution in [2.75, 3.05) is 25.1 Å². The van der Waals surface area contributed by atoms with Crippen LogP contribution in [0.3, 0.4) is 0 Å². The molecule has 0 N–H and O–H groups in total. The van der Waals surface area contributed by atoms with Crippen molar-refractivity contribution in [3.8, 4) is 5.75 Å². The number of ether oxygens (including phenoxy) is 1. The lowest BCUT2D eigenvalue weighted by atomic mass is 9.84. The van der Waals surface area contributed by atoms with Crippen molar-refractivity contribution in [2.45, 2.75) is 32.1 Å². The molecule has 0 unspecified atom stereocenters. The molecule has 27 heavy (non-hydrogen) atoms. The van der Waals surface area contributed by atoms with Crippen molar-refractivity contribution in [3.05, 3.63) is 72.3 Å². The predicted octanol–water partition coefficient (Wildman–Crippen LogP) is 6.26. The number of hydrogen-bond donors (Lipinski definition) is 0. The zero-order valence-electron chi connectivity index (χ0n) is 16.4. The molecule has 3 aromatic rings. The van der Waals surface area contributed by atoms with Crippen LogP contribution in [0, 0.1) is 5.92 Å². The fraction of sp³-hybridized carbons (Fsp3) is 0.360. The van der Waals surface area contributed by atoms with Gasteiger partial charge in [0.05, 0.1) is 7.11 Å². The van der Waals surface area contributed by atoms with E-state index in [9.17, 15) is 0 Å². The Morgan fingerprint density at radius 3 is 2.74 bits per heavy atom. The first-order chi connectivity index (χ1) is 13.2. The van der Waals surface area contributed by atoms with E-state index in [1.165, 1.54) is 41.3 Å². The van der Waals surface area contributed by atoms with Crippen molar-refractivity contribution in [3.63, 3.8) is 0 Å². The highest BCUT2D eigenvalue weighted by Crippen LogP contribution is 2.34. The highest BCUT2D eigenvalue weighted by molar-refractivity contribution is 5.86. The summed E-state index contributed by atoms with van der Waals surface area (Å²) in [6, 6.07) is 24.0. The molecule has 1 fully saturated rings. The SMILES string of the molecule is COc1cccc(N2CCC[C@@H](C[C@H](C)c3cccc4ccccc34)C2)c1. The molecule has 1 aliphatic rings. The van der Waals surface area contributed by atoms with Gasteiger partial charge in [-0.05, 0) is 59.6 Å². The Bertz CT molecular complexity index is 898. The number of benzene rings is 3. The minimum Gasteiger partial charge on any atom is -0.497 e. The molecule has 3 aromatic carbocycles. The maximum atomic E-state index is 5.41. The third-order valence-corrected chi connectivity index (χ3v) is 5.98. The molecule has 140 valence electrons. The van der Waals surface area contributed by atoms with Crippen LogP contribution in [0.2, 0.25) is 0 Å². The van der Waals surface area contributed by atoms with E-state index >= 15 is 0 Å². The lowest BCUT2D eigenvalue weighted by Crippen LogP contribution is -2.35. The van der Waals surface area contributed by atoms with Gasteiger partial charge in [0.15, 0.2) is 0 Å². The molecular weight excluding hydrogens is 330 g/mol. The largest absolute Gasteiger partial charge is 0.497 e. The summed E-state index contributed by atoms with van der Waals surface area (Å²) in [6.45, 7) is 4.68. The van der Waals surface area contributed by atoms with Gasteiger partial charge in [-0.25, -0.2) is 0 Å². The summed E-state index contributed by atoms with van der Waals surface area (Å²) >= 11 is 0. The van der Waals surface area contributed by atoms with Crippen molar-refractivity contribution in [1.82, 2.24) is 0 Å². The Hall–Kier alpha value is -2.48. The predicted molar refractivity (Wildman–Crippen MR) is 115 cm³/mol. The smallest absolute Gasteiger partial charge is 0.120 e.